The highest BCUT2D eigenvalue weighted by Crippen LogP contribution is 2.25. The molecule has 4 heteroatoms. The van der Waals surface area contributed by atoms with Crippen LogP contribution < -0.4 is 0 Å². The lowest BCUT2D eigenvalue weighted by atomic mass is 10.1. The smallest absolute Gasteiger partial charge is 0.258 e. The van der Waals surface area contributed by atoms with Crippen molar-refractivity contribution in [2.75, 3.05) is 0 Å². The zero-order chi connectivity index (χ0) is 15.9. The molecule has 0 amide bonds. The number of non-ortho nitro benzene ring substituents is 1. The summed E-state index contributed by atoms with van der Waals surface area (Å²) in [4.78, 5) is 10.2. The third kappa shape index (κ3) is 4.40. The molecular formula is C18H16BrNO2. The van der Waals surface area contributed by atoms with Gasteiger partial charge in [-0.3, -0.25) is 10.1 Å². The highest BCUT2D eigenvalue weighted by Gasteiger charge is 2.03. The average Bonchev–Trinajstić information content (AvgIpc) is 2.55. The molecule has 2 aromatic rings. The van der Waals surface area contributed by atoms with Gasteiger partial charge in [-0.2, -0.15) is 0 Å². The minimum Gasteiger partial charge on any atom is -0.258 e. The molecule has 2 aromatic carbocycles. The first-order valence-corrected chi connectivity index (χ1v) is 7.69. The van der Waals surface area contributed by atoms with Crippen LogP contribution in [0.15, 0.2) is 72.3 Å². The zero-order valence-electron chi connectivity index (χ0n) is 12.2. The summed E-state index contributed by atoms with van der Waals surface area (Å²) < 4.78 is 1.06. The Labute approximate surface area is 138 Å². The van der Waals surface area contributed by atoms with E-state index in [1.165, 1.54) is 12.1 Å². The number of halogens is 1. The normalized spacial score (nSPS) is 12.3. The van der Waals surface area contributed by atoms with Gasteiger partial charge < -0.3 is 0 Å². The van der Waals surface area contributed by atoms with E-state index in [-0.39, 0.29) is 10.6 Å². The molecule has 0 saturated carbocycles. The van der Waals surface area contributed by atoms with Crippen LogP contribution in [0, 0.1) is 10.1 Å². The third-order valence-electron chi connectivity index (χ3n) is 3.24. The predicted molar refractivity (Wildman–Crippen MR) is 93.9 cm³/mol. The van der Waals surface area contributed by atoms with E-state index >= 15 is 0 Å². The van der Waals surface area contributed by atoms with Crippen molar-refractivity contribution in [3.05, 3.63) is 93.6 Å². The first-order chi connectivity index (χ1) is 10.6. The Morgan fingerprint density at radius 3 is 2.36 bits per heavy atom. The molecule has 0 aliphatic rings. The van der Waals surface area contributed by atoms with Crippen molar-refractivity contribution in [1.82, 2.24) is 0 Å². The highest BCUT2D eigenvalue weighted by molar-refractivity contribution is 9.15. The van der Waals surface area contributed by atoms with Crippen LogP contribution in [0.25, 0.3) is 4.48 Å². The van der Waals surface area contributed by atoms with E-state index in [1.54, 1.807) is 12.1 Å². The van der Waals surface area contributed by atoms with E-state index in [1.807, 2.05) is 25.1 Å². The van der Waals surface area contributed by atoms with Crippen molar-refractivity contribution in [2.45, 2.75) is 13.3 Å². The lowest BCUT2D eigenvalue weighted by Crippen LogP contribution is -1.88. The summed E-state index contributed by atoms with van der Waals surface area (Å²) in [7, 11) is 0. The van der Waals surface area contributed by atoms with Gasteiger partial charge in [-0.05, 0) is 46.0 Å². The maximum atomic E-state index is 10.6. The fraction of sp³-hybridized carbons (Fsp3) is 0.111. The van der Waals surface area contributed by atoms with Gasteiger partial charge >= 0.3 is 0 Å². The van der Waals surface area contributed by atoms with Crippen molar-refractivity contribution >= 4 is 26.1 Å². The van der Waals surface area contributed by atoms with Crippen LogP contribution in [-0.4, -0.2) is 4.92 Å². The predicted octanol–water partition coefficient (Wildman–Crippen LogP) is 5.52. The van der Waals surface area contributed by atoms with Gasteiger partial charge in [0.05, 0.1) is 4.92 Å². The number of nitrogens with zero attached hydrogens (tertiary/aromatic N) is 1. The molecule has 0 radical (unpaired) electrons. The van der Waals surface area contributed by atoms with Gasteiger partial charge in [0.25, 0.3) is 5.69 Å². The third-order valence-corrected chi connectivity index (χ3v) is 4.33. The standard InChI is InChI=1S/C18H16BrNO2/c1-14(18(19)16-8-3-2-4-9-16)6-5-7-15-10-12-17(13-11-15)20(21)22/h2-6,8-13H,7H2,1H3/b6-5+,18-14+. The van der Waals surface area contributed by atoms with Gasteiger partial charge in [-0.1, -0.05) is 54.6 Å². The number of benzene rings is 2. The molecule has 0 aromatic heterocycles. The van der Waals surface area contributed by atoms with Crippen LogP contribution in [0.1, 0.15) is 18.1 Å². The van der Waals surface area contributed by atoms with Crippen molar-refractivity contribution in [2.24, 2.45) is 0 Å². The second-order valence-electron chi connectivity index (χ2n) is 4.89. The number of nitro benzene ring substituents is 1. The number of hydrogen-bond acceptors (Lipinski definition) is 2. The van der Waals surface area contributed by atoms with Gasteiger partial charge in [0.15, 0.2) is 0 Å². The fourth-order valence-electron chi connectivity index (χ4n) is 2.01. The summed E-state index contributed by atoms with van der Waals surface area (Å²) in [5.41, 5.74) is 3.44. The Balaban J connectivity index is 2.04. The summed E-state index contributed by atoms with van der Waals surface area (Å²) in [6.45, 7) is 2.05. The molecule has 2 rings (SSSR count). The minimum absolute atomic E-state index is 0.121. The van der Waals surface area contributed by atoms with Crippen LogP contribution in [0.2, 0.25) is 0 Å². The topological polar surface area (TPSA) is 43.1 Å². The Bertz CT molecular complexity index is 704. The summed E-state index contributed by atoms with van der Waals surface area (Å²) >= 11 is 3.62. The SMILES string of the molecule is CC(/C=C/Cc1ccc([N+](=O)[O-])cc1)=C(\Br)c1ccccc1. The van der Waals surface area contributed by atoms with Gasteiger partial charge in [-0.15, -0.1) is 0 Å². The number of hydrogen-bond donors (Lipinski definition) is 0. The molecule has 0 spiro atoms. The van der Waals surface area contributed by atoms with Crippen LogP contribution in [0.5, 0.6) is 0 Å². The molecule has 0 unspecified atom stereocenters. The second-order valence-corrected chi connectivity index (χ2v) is 5.69. The largest absolute Gasteiger partial charge is 0.269 e. The molecule has 0 saturated heterocycles. The Hall–Kier alpha value is -2.20. The van der Waals surface area contributed by atoms with E-state index in [4.69, 9.17) is 0 Å². The first-order valence-electron chi connectivity index (χ1n) is 6.89. The Kier molecular flexibility index (Phi) is 5.67. The highest BCUT2D eigenvalue weighted by atomic mass is 79.9. The maximum absolute atomic E-state index is 10.6. The summed E-state index contributed by atoms with van der Waals surface area (Å²) in [6, 6.07) is 16.7. The quantitative estimate of drug-likeness (QED) is 0.401. The molecule has 22 heavy (non-hydrogen) atoms. The van der Waals surface area contributed by atoms with E-state index in [2.05, 4.69) is 40.2 Å². The van der Waals surface area contributed by atoms with Gasteiger partial charge in [0.2, 0.25) is 0 Å². The lowest BCUT2D eigenvalue weighted by molar-refractivity contribution is -0.384. The van der Waals surface area contributed by atoms with E-state index in [9.17, 15) is 10.1 Å². The molecule has 3 nitrogen and oxygen atoms in total. The Morgan fingerprint density at radius 1 is 1.14 bits per heavy atom. The van der Waals surface area contributed by atoms with Crippen molar-refractivity contribution in [3.63, 3.8) is 0 Å². The summed E-state index contributed by atoms with van der Waals surface area (Å²) in [5, 5.41) is 10.6. The van der Waals surface area contributed by atoms with Crippen LogP contribution in [-0.2, 0) is 6.42 Å². The van der Waals surface area contributed by atoms with Gasteiger partial charge in [0, 0.05) is 16.6 Å². The minimum atomic E-state index is -0.385. The van der Waals surface area contributed by atoms with Crippen LogP contribution in [0.4, 0.5) is 5.69 Å². The molecule has 0 heterocycles. The number of rotatable bonds is 5. The summed E-state index contributed by atoms with van der Waals surface area (Å²) in [5.74, 6) is 0. The molecular weight excluding hydrogens is 342 g/mol. The Morgan fingerprint density at radius 2 is 1.77 bits per heavy atom. The zero-order valence-corrected chi connectivity index (χ0v) is 13.8. The summed E-state index contributed by atoms with van der Waals surface area (Å²) in [6.07, 6.45) is 4.85. The van der Waals surface area contributed by atoms with Crippen molar-refractivity contribution in [3.8, 4) is 0 Å². The fourth-order valence-corrected chi connectivity index (χ4v) is 2.41. The first kappa shape index (κ1) is 16.2. The van der Waals surface area contributed by atoms with E-state index in [0.717, 1.165) is 27.6 Å². The number of allylic oxidation sites excluding steroid dienone is 3. The maximum Gasteiger partial charge on any atom is 0.269 e. The second kappa shape index (κ2) is 7.71. The van der Waals surface area contributed by atoms with Gasteiger partial charge in [-0.25, -0.2) is 0 Å². The average molecular weight is 358 g/mol. The molecule has 0 bridgehead atoms. The molecule has 0 aliphatic carbocycles. The molecule has 0 N–H and O–H groups in total. The van der Waals surface area contributed by atoms with Gasteiger partial charge in [0.1, 0.15) is 0 Å². The molecule has 0 fully saturated rings. The molecule has 0 atom stereocenters. The van der Waals surface area contributed by atoms with E-state index in [0.29, 0.717) is 0 Å². The van der Waals surface area contributed by atoms with Crippen LogP contribution >= 0.6 is 15.9 Å². The molecule has 0 aliphatic heterocycles. The molecule has 112 valence electrons. The lowest BCUT2D eigenvalue weighted by Gasteiger charge is -2.02. The monoisotopic (exact) mass is 357 g/mol. The van der Waals surface area contributed by atoms with Crippen LogP contribution in [0.3, 0.4) is 0 Å². The number of nitro groups is 1. The van der Waals surface area contributed by atoms with Crippen molar-refractivity contribution in [1.29, 1.82) is 0 Å². The van der Waals surface area contributed by atoms with Crippen molar-refractivity contribution < 1.29 is 4.92 Å². The van der Waals surface area contributed by atoms with E-state index < -0.39 is 0 Å².